The summed E-state index contributed by atoms with van der Waals surface area (Å²) in [5.74, 6) is 0.664. The molecule has 4 heteroatoms. The van der Waals surface area contributed by atoms with Crippen molar-refractivity contribution in [3.05, 3.63) is 24.3 Å². The Labute approximate surface area is 88.6 Å². The fraction of sp³-hybridized carbons (Fsp3) is 0.364. The molecule has 2 rings (SSSR count). The zero-order valence-electron chi connectivity index (χ0n) is 9.01. The van der Waals surface area contributed by atoms with Crippen LogP contribution in [0.1, 0.15) is 6.92 Å². The molecule has 1 heterocycles. The molecule has 0 aliphatic heterocycles. The van der Waals surface area contributed by atoms with E-state index < -0.39 is 6.10 Å². The topological polar surface area (TPSA) is 55.1 Å². The van der Waals surface area contributed by atoms with E-state index in [2.05, 4.69) is 0 Å². The normalized spacial score (nSPS) is 13.3. The predicted octanol–water partition coefficient (Wildman–Crippen LogP) is 0.429. The number of aliphatic hydroxyl groups excluding tert-OH is 1. The molecule has 2 aromatic rings. The van der Waals surface area contributed by atoms with Gasteiger partial charge in [-0.25, -0.2) is 9.13 Å². The van der Waals surface area contributed by atoms with Crippen molar-refractivity contribution in [2.45, 2.75) is 19.6 Å². The number of benzene rings is 1. The number of hydrogen-bond donors (Lipinski definition) is 2. The number of aliphatic hydroxyl groups is 1. The van der Waals surface area contributed by atoms with Gasteiger partial charge in [0.05, 0.1) is 19.7 Å². The predicted molar refractivity (Wildman–Crippen MR) is 59.2 cm³/mol. The Morgan fingerprint density at radius 2 is 2.13 bits per heavy atom. The minimum atomic E-state index is -0.400. The highest BCUT2D eigenvalue weighted by Gasteiger charge is 2.18. The lowest BCUT2D eigenvalue weighted by atomic mass is 10.3. The maximum absolute atomic E-state index is 9.41. The Hall–Kier alpha value is -1.55. The summed E-state index contributed by atoms with van der Waals surface area (Å²) >= 11 is 0. The van der Waals surface area contributed by atoms with Crippen LogP contribution < -0.4 is 10.3 Å². The third-order valence-corrected chi connectivity index (χ3v) is 2.60. The van der Waals surface area contributed by atoms with E-state index in [1.165, 1.54) is 0 Å². The van der Waals surface area contributed by atoms with Gasteiger partial charge < -0.3 is 5.11 Å². The summed E-state index contributed by atoms with van der Waals surface area (Å²) < 4.78 is 3.86. The first-order valence-electron chi connectivity index (χ1n) is 5.02. The fourth-order valence-electron chi connectivity index (χ4n) is 1.86. The first kappa shape index (κ1) is 9.98. The third kappa shape index (κ3) is 1.57. The summed E-state index contributed by atoms with van der Waals surface area (Å²) in [7, 11) is 1.93. The Bertz CT molecular complexity index is 488. The number of aryl methyl sites for hydroxylation is 1. The quantitative estimate of drug-likeness (QED) is 0.700. The SMILES string of the molecule is C[C@H](O)Cn1c(N)[n+](C)c2ccccc21. The number of aromatic nitrogens is 2. The molecule has 0 spiro atoms. The minimum absolute atomic E-state index is 0.400. The Kier molecular flexibility index (Phi) is 2.36. The maximum Gasteiger partial charge on any atom is 0.355 e. The first-order valence-corrected chi connectivity index (χ1v) is 5.02. The monoisotopic (exact) mass is 206 g/mol. The van der Waals surface area contributed by atoms with E-state index in [-0.39, 0.29) is 0 Å². The van der Waals surface area contributed by atoms with Gasteiger partial charge in [0, 0.05) is 0 Å². The molecule has 1 aromatic carbocycles. The van der Waals surface area contributed by atoms with Gasteiger partial charge in [-0.2, -0.15) is 0 Å². The van der Waals surface area contributed by atoms with E-state index in [1.54, 1.807) is 6.92 Å². The van der Waals surface area contributed by atoms with Gasteiger partial charge in [-0.1, -0.05) is 12.1 Å². The zero-order valence-corrected chi connectivity index (χ0v) is 9.01. The van der Waals surface area contributed by atoms with Gasteiger partial charge in [0.1, 0.15) is 11.0 Å². The van der Waals surface area contributed by atoms with Gasteiger partial charge in [-0.15, -0.1) is 0 Å². The second-order valence-electron chi connectivity index (χ2n) is 3.87. The molecule has 0 radical (unpaired) electrons. The van der Waals surface area contributed by atoms with E-state index in [9.17, 15) is 5.11 Å². The van der Waals surface area contributed by atoms with Crippen LogP contribution >= 0.6 is 0 Å². The van der Waals surface area contributed by atoms with E-state index in [4.69, 9.17) is 5.73 Å². The van der Waals surface area contributed by atoms with Gasteiger partial charge >= 0.3 is 5.95 Å². The number of rotatable bonds is 2. The molecule has 0 bridgehead atoms. The first-order chi connectivity index (χ1) is 7.11. The van der Waals surface area contributed by atoms with Crippen LogP contribution in [0.2, 0.25) is 0 Å². The number of nitrogen functional groups attached to an aromatic ring is 1. The standard InChI is InChI=1S/C11H15N3O/c1-8(15)7-14-10-6-4-3-5-9(10)13(2)11(14)12/h3-6,8,12,15H,7H2,1-2H3/p+1/t8-/m0/s1. The van der Waals surface area contributed by atoms with Gasteiger partial charge in [0.2, 0.25) is 0 Å². The summed E-state index contributed by atoms with van der Waals surface area (Å²) in [6.07, 6.45) is -0.400. The van der Waals surface area contributed by atoms with E-state index in [0.29, 0.717) is 12.5 Å². The molecule has 3 N–H and O–H groups in total. The largest absolute Gasteiger partial charge is 0.390 e. The maximum atomic E-state index is 9.41. The molecule has 0 amide bonds. The molecular formula is C11H16N3O+. The van der Waals surface area contributed by atoms with Crippen LogP contribution in [0.5, 0.6) is 0 Å². The van der Waals surface area contributed by atoms with Crippen molar-refractivity contribution >= 4 is 17.0 Å². The summed E-state index contributed by atoms with van der Waals surface area (Å²) in [6.45, 7) is 2.28. The number of fused-ring (bicyclic) bond motifs is 1. The molecule has 80 valence electrons. The van der Waals surface area contributed by atoms with Crippen LogP contribution in [0.4, 0.5) is 5.95 Å². The number of hydrogen-bond acceptors (Lipinski definition) is 2. The molecule has 1 aromatic heterocycles. The zero-order chi connectivity index (χ0) is 11.0. The Balaban J connectivity index is 2.66. The van der Waals surface area contributed by atoms with Crippen molar-refractivity contribution in [2.75, 3.05) is 5.73 Å². The van der Waals surface area contributed by atoms with Crippen LogP contribution in [0, 0.1) is 0 Å². The van der Waals surface area contributed by atoms with Gasteiger partial charge in [0.15, 0.2) is 0 Å². The average Bonchev–Trinajstić information content (AvgIpc) is 2.44. The van der Waals surface area contributed by atoms with Gasteiger partial charge in [-0.05, 0) is 19.1 Å². The second-order valence-corrected chi connectivity index (χ2v) is 3.87. The summed E-state index contributed by atoms with van der Waals surface area (Å²) in [4.78, 5) is 0. The van der Waals surface area contributed by atoms with Crippen molar-refractivity contribution in [3.63, 3.8) is 0 Å². The number of anilines is 1. The van der Waals surface area contributed by atoms with Crippen molar-refractivity contribution in [1.82, 2.24) is 4.57 Å². The minimum Gasteiger partial charge on any atom is -0.390 e. The Morgan fingerprint density at radius 3 is 2.80 bits per heavy atom. The number of imidazole rings is 1. The molecule has 0 aliphatic carbocycles. The van der Waals surface area contributed by atoms with E-state index >= 15 is 0 Å². The van der Waals surface area contributed by atoms with Crippen molar-refractivity contribution < 1.29 is 9.67 Å². The van der Waals surface area contributed by atoms with Crippen molar-refractivity contribution in [3.8, 4) is 0 Å². The molecule has 4 nitrogen and oxygen atoms in total. The average molecular weight is 206 g/mol. The Morgan fingerprint density at radius 1 is 1.47 bits per heavy atom. The smallest absolute Gasteiger partial charge is 0.355 e. The lowest BCUT2D eigenvalue weighted by molar-refractivity contribution is -0.630. The second kappa shape index (κ2) is 3.55. The van der Waals surface area contributed by atoms with Crippen LogP contribution in [0.3, 0.4) is 0 Å². The molecule has 15 heavy (non-hydrogen) atoms. The highest BCUT2D eigenvalue weighted by Crippen LogP contribution is 2.15. The number of nitrogens with zero attached hydrogens (tertiary/aromatic N) is 2. The van der Waals surface area contributed by atoms with Crippen molar-refractivity contribution in [1.29, 1.82) is 0 Å². The van der Waals surface area contributed by atoms with Gasteiger partial charge in [-0.3, -0.25) is 5.73 Å². The van der Waals surface area contributed by atoms with E-state index in [1.807, 2.05) is 40.4 Å². The number of nitrogens with two attached hydrogens (primary N) is 1. The molecule has 1 atom stereocenters. The molecule has 0 unspecified atom stereocenters. The van der Waals surface area contributed by atoms with Gasteiger partial charge in [0.25, 0.3) is 0 Å². The molecular weight excluding hydrogens is 190 g/mol. The van der Waals surface area contributed by atoms with Crippen LogP contribution in [0.15, 0.2) is 24.3 Å². The van der Waals surface area contributed by atoms with Crippen LogP contribution in [0.25, 0.3) is 11.0 Å². The van der Waals surface area contributed by atoms with Crippen LogP contribution in [-0.2, 0) is 13.6 Å². The highest BCUT2D eigenvalue weighted by atomic mass is 16.3. The summed E-state index contributed by atoms with van der Waals surface area (Å²) in [5, 5.41) is 9.41. The molecule has 0 aliphatic rings. The van der Waals surface area contributed by atoms with E-state index in [0.717, 1.165) is 11.0 Å². The number of para-hydroxylation sites is 2. The lowest BCUT2D eigenvalue weighted by Gasteiger charge is -2.03. The molecule has 0 saturated heterocycles. The molecule has 0 saturated carbocycles. The fourth-order valence-corrected chi connectivity index (χ4v) is 1.86. The third-order valence-electron chi connectivity index (χ3n) is 2.60. The highest BCUT2D eigenvalue weighted by molar-refractivity contribution is 5.73. The summed E-state index contributed by atoms with van der Waals surface area (Å²) in [6, 6.07) is 7.98. The molecule has 0 fully saturated rings. The lowest BCUT2D eigenvalue weighted by Crippen LogP contribution is -2.32. The summed E-state index contributed by atoms with van der Waals surface area (Å²) in [5.41, 5.74) is 8.11. The van der Waals surface area contributed by atoms with Crippen molar-refractivity contribution in [2.24, 2.45) is 7.05 Å². The van der Waals surface area contributed by atoms with Crippen LogP contribution in [-0.4, -0.2) is 15.8 Å².